The summed E-state index contributed by atoms with van der Waals surface area (Å²) in [6, 6.07) is 15.1. The zero-order valence-electron chi connectivity index (χ0n) is 16.5. The van der Waals surface area contributed by atoms with Gasteiger partial charge in [0.15, 0.2) is 5.82 Å². The van der Waals surface area contributed by atoms with Gasteiger partial charge in [0.2, 0.25) is 5.91 Å². The Hall–Kier alpha value is -4.34. The summed E-state index contributed by atoms with van der Waals surface area (Å²) in [7, 11) is 0. The minimum Gasteiger partial charge on any atom is -0.481 e. The van der Waals surface area contributed by atoms with Gasteiger partial charge >= 0.3 is 0 Å². The van der Waals surface area contributed by atoms with Crippen molar-refractivity contribution >= 4 is 40.1 Å². The zero-order valence-corrected chi connectivity index (χ0v) is 16.5. The van der Waals surface area contributed by atoms with E-state index in [1.165, 1.54) is 24.5 Å². The second kappa shape index (κ2) is 9.92. The standard InChI is InChI=1S/C19H15FN6O.C2H4O2/c20-12-4-3-5-13(8-12)23-18(27)10-14-9-17(26-25-14)24-19-15-6-1-2-7-16(15)21-11-22-19;1-2(3)4/h1-9,11H,10H2,(H,23,27)(H2,21,22,24,25,26);1H3,(H,3,4). The first kappa shape index (κ1) is 21.4. The Balaban J connectivity index is 0.000000628. The van der Waals surface area contributed by atoms with Crippen LogP contribution in [0.15, 0.2) is 60.9 Å². The van der Waals surface area contributed by atoms with Crippen molar-refractivity contribution in [3.63, 3.8) is 0 Å². The molecule has 2 aromatic heterocycles. The van der Waals surface area contributed by atoms with E-state index in [0.29, 0.717) is 23.0 Å². The van der Waals surface area contributed by atoms with E-state index >= 15 is 0 Å². The molecule has 0 saturated heterocycles. The molecule has 0 aliphatic carbocycles. The number of anilines is 3. The summed E-state index contributed by atoms with van der Waals surface area (Å²) < 4.78 is 13.2. The van der Waals surface area contributed by atoms with Gasteiger partial charge in [0.05, 0.1) is 11.9 Å². The van der Waals surface area contributed by atoms with Gasteiger partial charge in [-0.15, -0.1) is 0 Å². The van der Waals surface area contributed by atoms with E-state index in [2.05, 4.69) is 30.8 Å². The number of rotatable bonds is 5. The number of nitrogens with one attached hydrogen (secondary N) is 3. The third-order valence-corrected chi connectivity index (χ3v) is 3.88. The summed E-state index contributed by atoms with van der Waals surface area (Å²) in [6.07, 6.45) is 1.56. The van der Waals surface area contributed by atoms with Crippen LogP contribution in [-0.4, -0.2) is 37.1 Å². The lowest BCUT2D eigenvalue weighted by molar-refractivity contribution is -0.134. The fourth-order valence-electron chi connectivity index (χ4n) is 2.69. The van der Waals surface area contributed by atoms with Crippen molar-refractivity contribution in [3.8, 4) is 0 Å². The number of benzene rings is 2. The number of fused-ring (bicyclic) bond motifs is 1. The molecule has 0 aliphatic rings. The van der Waals surface area contributed by atoms with E-state index in [0.717, 1.165) is 17.8 Å². The molecule has 0 fully saturated rings. The summed E-state index contributed by atoms with van der Waals surface area (Å²) >= 11 is 0. The van der Waals surface area contributed by atoms with E-state index in [9.17, 15) is 9.18 Å². The van der Waals surface area contributed by atoms with Gasteiger partial charge in [-0.1, -0.05) is 18.2 Å². The van der Waals surface area contributed by atoms with Crippen LogP contribution >= 0.6 is 0 Å². The van der Waals surface area contributed by atoms with Gasteiger partial charge in [-0.2, -0.15) is 5.10 Å². The molecule has 31 heavy (non-hydrogen) atoms. The SMILES string of the molecule is CC(=O)O.O=C(Cc1cc(Nc2ncnc3ccccc23)n[nH]1)Nc1cccc(F)c1. The highest BCUT2D eigenvalue weighted by Crippen LogP contribution is 2.22. The smallest absolute Gasteiger partial charge is 0.300 e. The monoisotopic (exact) mass is 422 g/mol. The average molecular weight is 422 g/mol. The van der Waals surface area contributed by atoms with E-state index in [4.69, 9.17) is 9.90 Å². The van der Waals surface area contributed by atoms with Crippen LogP contribution in [-0.2, 0) is 16.0 Å². The van der Waals surface area contributed by atoms with Gasteiger partial charge in [-0.3, -0.25) is 14.7 Å². The zero-order chi connectivity index (χ0) is 22.2. The fraction of sp³-hybridized carbons (Fsp3) is 0.0952. The quantitative estimate of drug-likeness (QED) is 0.387. The van der Waals surface area contributed by atoms with E-state index in [1.807, 2.05) is 24.3 Å². The van der Waals surface area contributed by atoms with Crippen molar-refractivity contribution in [2.45, 2.75) is 13.3 Å². The van der Waals surface area contributed by atoms with Crippen molar-refractivity contribution in [2.24, 2.45) is 0 Å². The normalized spacial score (nSPS) is 10.1. The number of carboxylic acid groups (broad SMARTS) is 1. The summed E-state index contributed by atoms with van der Waals surface area (Å²) in [5, 5.41) is 21.0. The second-order valence-corrected chi connectivity index (χ2v) is 6.40. The number of nitrogens with zero attached hydrogens (tertiary/aromatic N) is 3. The number of aliphatic carboxylic acids is 1. The van der Waals surface area contributed by atoms with Gasteiger partial charge in [-0.25, -0.2) is 14.4 Å². The Morgan fingerprint density at radius 2 is 1.87 bits per heavy atom. The highest BCUT2D eigenvalue weighted by Gasteiger charge is 2.10. The maximum Gasteiger partial charge on any atom is 0.300 e. The minimum atomic E-state index is -0.833. The molecule has 4 aromatic rings. The Morgan fingerprint density at radius 3 is 2.65 bits per heavy atom. The number of aromatic nitrogens is 4. The molecule has 2 aromatic carbocycles. The topological polar surface area (TPSA) is 133 Å². The Bertz CT molecular complexity index is 1200. The van der Waals surface area contributed by atoms with Crippen LogP contribution in [0.4, 0.5) is 21.7 Å². The first-order valence-electron chi connectivity index (χ1n) is 9.16. The van der Waals surface area contributed by atoms with Crippen molar-refractivity contribution in [3.05, 3.63) is 72.4 Å². The molecule has 10 heteroatoms. The number of halogens is 1. The molecule has 0 atom stereocenters. The fourth-order valence-corrected chi connectivity index (χ4v) is 2.69. The number of hydrogen-bond donors (Lipinski definition) is 4. The van der Waals surface area contributed by atoms with Gasteiger partial charge in [0.1, 0.15) is 18.0 Å². The van der Waals surface area contributed by atoms with Crippen molar-refractivity contribution in [1.29, 1.82) is 0 Å². The van der Waals surface area contributed by atoms with Crippen LogP contribution in [0.5, 0.6) is 0 Å². The van der Waals surface area contributed by atoms with Gasteiger partial charge in [-0.05, 0) is 30.3 Å². The lowest BCUT2D eigenvalue weighted by Crippen LogP contribution is -2.14. The van der Waals surface area contributed by atoms with E-state index in [-0.39, 0.29) is 12.3 Å². The summed E-state index contributed by atoms with van der Waals surface area (Å²) in [5.74, 6) is -0.350. The molecule has 4 N–H and O–H groups in total. The van der Waals surface area contributed by atoms with Crippen molar-refractivity contribution in [2.75, 3.05) is 10.6 Å². The second-order valence-electron chi connectivity index (χ2n) is 6.40. The molecule has 0 radical (unpaired) electrons. The summed E-state index contributed by atoms with van der Waals surface area (Å²) in [5.41, 5.74) is 1.84. The Labute approximate surface area is 176 Å². The number of carbonyl (C=O) groups is 2. The lowest BCUT2D eigenvalue weighted by Gasteiger charge is -2.05. The number of H-pyrrole nitrogens is 1. The molecule has 0 aliphatic heterocycles. The summed E-state index contributed by atoms with van der Waals surface area (Å²) in [6.45, 7) is 1.08. The predicted molar refractivity (Wildman–Crippen MR) is 113 cm³/mol. The van der Waals surface area contributed by atoms with Crippen molar-refractivity contribution in [1.82, 2.24) is 20.2 Å². The van der Waals surface area contributed by atoms with E-state index < -0.39 is 11.8 Å². The number of carboxylic acids is 1. The molecule has 0 bridgehead atoms. The summed E-state index contributed by atoms with van der Waals surface area (Å²) in [4.78, 5) is 29.6. The number of amides is 1. The molecule has 1 amide bonds. The molecule has 0 saturated carbocycles. The van der Waals surface area contributed by atoms with Crippen LogP contribution in [0.3, 0.4) is 0 Å². The Kier molecular flexibility index (Phi) is 6.84. The number of aromatic amines is 1. The average Bonchev–Trinajstić information content (AvgIpc) is 3.14. The van der Waals surface area contributed by atoms with E-state index in [1.54, 1.807) is 12.1 Å². The van der Waals surface area contributed by atoms with Gasteiger partial charge < -0.3 is 15.7 Å². The largest absolute Gasteiger partial charge is 0.481 e. The van der Waals surface area contributed by atoms with Crippen LogP contribution in [0.25, 0.3) is 10.9 Å². The van der Waals surface area contributed by atoms with Gasteiger partial charge in [0.25, 0.3) is 5.97 Å². The maximum atomic E-state index is 13.2. The molecule has 2 heterocycles. The molecule has 0 unspecified atom stereocenters. The lowest BCUT2D eigenvalue weighted by atomic mass is 10.2. The highest BCUT2D eigenvalue weighted by atomic mass is 19.1. The molecular weight excluding hydrogens is 403 g/mol. The molecule has 9 nitrogen and oxygen atoms in total. The van der Waals surface area contributed by atoms with Crippen LogP contribution in [0.1, 0.15) is 12.6 Å². The number of para-hydroxylation sites is 1. The third-order valence-electron chi connectivity index (χ3n) is 3.88. The third kappa shape index (κ3) is 6.32. The van der Waals surface area contributed by atoms with Crippen molar-refractivity contribution < 1.29 is 19.1 Å². The minimum absolute atomic E-state index is 0.0791. The highest BCUT2D eigenvalue weighted by molar-refractivity contribution is 5.92. The van der Waals surface area contributed by atoms with Crippen LogP contribution in [0, 0.1) is 5.82 Å². The number of carbonyl (C=O) groups excluding carboxylic acids is 1. The first-order valence-corrected chi connectivity index (χ1v) is 9.16. The molecule has 0 spiro atoms. The maximum absolute atomic E-state index is 13.2. The Morgan fingerprint density at radius 1 is 1.10 bits per heavy atom. The number of hydrogen-bond acceptors (Lipinski definition) is 6. The molecule has 4 rings (SSSR count). The van der Waals surface area contributed by atoms with Crippen LogP contribution in [0.2, 0.25) is 0 Å². The first-order chi connectivity index (χ1) is 14.9. The molecular formula is C21H19FN6O3. The predicted octanol–water partition coefficient (Wildman–Crippen LogP) is 3.51. The van der Waals surface area contributed by atoms with Crippen LogP contribution < -0.4 is 10.6 Å². The molecule has 158 valence electrons. The van der Waals surface area contributed by atoms with Gasteiger partial charge in [0, 0.05) is 29.8 Å².